The SMILES string of the molecule is CC(C)C(C(C)C)n1c(=O)c2cc3nc(-c4ccc(Br)cc4)[nH]c4cc5c(=O)n(C(C(C)C)C(C)C)c(=O)c6cc7nc(-c8ccc(Br)cc8)[nH]c8cc(c1=O)c2c1c3c4c(c65)c7c81. The summed E-state index contributed by atoms with van der Waals surface area (Å²) in [7, 11) is 0. The summed E-state index contributed by atoms with van der Waals surface area (Å²) >= 11 is 7.18. The molecule has 0 amide bonds. The number of hydrogen-bond donors (Lipinski definition) is 2. The Morgan fingerprint density at radius 3 is 1.05 bits per heavy atom. The van der Waals surface area contributed by atoms with Gasteiger partial charge in [0.05, 0.1) is 32.6 Å². The molecule has 0 aliphatic heterocycles. The molecule has 0 fully saturated rings. The van der Waals surface area contributed by atoms with Crippen LogP contribution in [0.4, 0.5) is 0 Å². The number of benzene rings is 7. The Hall–Kier alpha value is -5.98. The fraction of sp³-hybridized carbons (Fsp3) is 0.269. The summed E-state index contributed by atoms with van der Waals surface area (Å²) in [5.41, 5.74) is 2.41. The van der Waals surface area contributed by atoms with Crippen molar-refractivity contribution in [2.75, 3.05) is 0 Å². The van der Waals surface area contributed by atoms with Crippen molar-refractivity contribution in [2.24, 2.45) is 23.7 Å². The Morgan fingerprint density at radius 2 is 0.734 bits per heavy atom. The molecule has 320 valence electrons. The molecule has 0 saturated carbocycles. The van der Waals surface area contributed by atoms with Crippen LogP contribution in [-0.2, 0) is 0 Å². The number of halogens is 2. The molecule has 0 aliphatic rings. The highest BCUT2D eigenvalue weighted by Crippen LogP contribution is 2.50. The first-order valence-corrected chi connectivity index (χ1v) is 23.5. The third-order valence-corrected chi connectivity index (χ3v) is 14.7. The maximum atomic E-state index is 15.2. The van der Waals surface area contributed by atoms with E-state index in [0.29, 0.717) is 87.6 Å². The Labute approximate surface area is 382 Å². The molecular formula is C52H44Br2N6O4. The van der Waals surface area contributed by atoms with Gasteiger partial charge in [-0.05, 0) is 72.2 Å². The number of rotatable bonds is 8. The third-order valence-electron chi connectivity index (χ3n) is 13.6. The van der Waals surface area contributed by atoms with Crippen LogP contribution in [0.15, 0.2) is 101 Å². The second kappa shape index (κ2) is 14.3. The zero-order valence-corrected chi connectivity index (χ0v) is 39.7. The second-order valence-electron chi connectivity index (χ2n) is 18.9. The van der Waals surface area contributed by atoms with Crippen LogP contribution in [0.1, 0.15) is 67.5 Å². The largest absolute Gasteiger partial charge is 0.339 e. The lowest BCUT2D eigenvalue weighted by atomic mass is 9.84. The molecule has 10 nitrogen and oxygen atoms in total. The Kier molecular flexibility index (Phi) is 9.08. The van der Waals surface area contributed by atoms with Crippen molar-refractivity contribution < 1.29 is 0 Å². The average molecular weight is 977 g/mol. The predicted molar refractivity (Wildman–Crippen MR) is 269 cm³/mol. The lowest BCUT2D eigenvalue weighted by molar-refractivity contribution is 0.277. The van der Waals surface area contributed by atoms with E-state index in [-0.39, 0.29) is 58.0 Å². The van der Waals surface area contributed by atoms with Gasteiger partial charge in [0, 0.05) is 86.3 Å². The molecular weight excluding hydrogens is 932 g/mol. The first-order valence-electron chi connectivity index (χ1n) is 21.9. The van der Waals surface area contributed by atoms with Crippen molar-refractivity contribution in [1.82, 2.24) is 29.1 Å². The molecule has 0 atom stereocenters. The standard InChI is InChI=1S/C52H44Br2N6O4/c1-21(2)45(22(3)4)59-49(61)29-17-33-39-41-35(57-47(55-33)25-9-13-27(53)14-10-25)19-31-38-32(52(64)60(51(31)63)46(23(5)6)24(7)8)20-36-42(44(38)41)40-34(18-30(50(59)62)37(29)43(39)40)56-48(58-36)26-11-15-28(54)16-12-26/h9-24,45-46H,1-8H3,(H,55,57)(H,56,58). The molecule has 0 spiro atoms. The van der Waals surface area contributed by atoms with Crippen LogP contribution in [0.25, 0.3) is 109 Å². The van der Waals surface area contributed by atoms with E-state index in [1.54, 1.807) is 0 Å². The summed E-state index contributed by atoms with van der Waals surface area (Å²) in [6.07, 6.45) is 0. The van der Waals surface area contributed by atoms with Crippen molar-refractivity contribution in [3.05, 3.63) is 123 Å². The summed E-state index contributed by atoms with van der Waals surface area (Å²) in [4.78, 5) is 78.9. The summed E-state index contributed by atoms with van der Waals surface area (Å²) in [6, 6.07) is 22.3. The lowest BCUT2D eigenvalue weighted by Crippen LogP contribution is -2.40. The third kappa shape index (κ3) is 5.60. The van der Waals surface area contributed by atoms with Crippen molar-refractivity contribution in [2.45, 2.75) is 67.5 Å². The number of aromatic nitrogens is 6. The minimum absolute atomic E-state index is 0.0137. The zero-order valence-electron chi connectivity index (χ0n) is 36.6. The van der Waals surface area contributed by atoms with Gasteiger partial charge in [0.15, 0.2) is 0 Å². The smallest absolute Gasteiger partial charge is 0.261 e. The molecule has 0 saturated heterocycles. The minimum Gasteiger partial charge on any atom is -0.339 e. The molecule has 7 aromatic carbocycles. The van der Waals surface area contributed by atoms with Gasteiger partial charge in [-0.2, -0.15) is 0 Å². The van der Waals surface area contributed by atoms with Gasteiger partial charge in [0.2, 0.25) is 0 Å². The van der Waals surface area contributed by atoms with E-state index in [0.717, 1.165) is 30.8 Å². The first-order chi connectivity index (χ1) is 30.5. The number of nitrogens with one attached hydrogen (secondary N) is 2. The van der Waals surface area contributed by atoms with Gasteiger partial charge in [-0.1, -0.05) is 112 Å². The van der Waals surface area contributed by atoms with Gasteiger partial charge < -0.3 is 9.97 Å². The summed E-state index contributed by atoms with van der Waals surface area (Å²) in [5, 5.41) is 6.98. The molecule has 0 radical (unpaired) electrons. The van der Waals surface area contributed by atoms with Crippen LogP contribution < -0.4 is 22.2 Å². The maximum Gasteiger partial charge on any atom is 0.261 e. The number of hydrogen-bond acceptors (Lipinski definition) is 6. The van der Waals surface area contributed by atoms with Gasteiger partial charge >= 0.3 is 0 Å². The summed E-state index contributed by atoms with van der Waals surface area (Å²) < 4.78 is 4.73. The molecule has 4 aromatic heterocycles. The summed E-state index contributed by atoms with van der Waals surface area (Å²) in [6.45, 7) is 16.4. The molecule has 12 heteroatoms. The normalized spacial score (nSPS) is 13.0. The average Bonchev–Trinajstić information content (AvgIpc) is 3.52. The highest BCUT2D eigenvalue weighted by molar-refractivity contribution is 9.10. The maximum absolute atomic E-state index is 15.2. The van der Waals surface area contributed by atoms with Crippen LogP contribution in [0.5, 0.6) is 0 Å². The Bertz CT molecular complexity index is 3520. The fourth-order valence-electron chi connectivity index (χ4n) is 11.3. The van der Waals surface area contributed by atoms with Gasteiger partial charge in [-0.25, -0.2) is 9.97 Å². The van der Waals surface area contributed by atoms with E-state index >= 15 is 19.2 Å². The first kappa shape index (κ1) is 40.8. The zero-order chi connectivity index (χ0) is 44.9. The topological polar surface area (TPSA) is 136 Å². The Morgan fingerprint density at radius 1 is 0.422 bits per heavy atom. The lowest BCUT2D eigenvalue weighted by Gasteiger charge is -2.28. The number of H-pyrrole nitrogens is 2. The van der Waals surface area contributed by atoms with Crippen LogP contribution in [0.2, 0.25) is 0 Å². The van der Waals surface area contributed by atoms with E-state index in [1.807, 2.05) is 128 Å². The molecule has 4 heterocycles. The van der Waals surface area contributed by atoms with Gasteiger partial charge in [0.1, 0.15) is 11.6 Å². The van der Waals surface area contributed by atoms with Crippen LogP contribution in [0, 0.1) is 23.7 Å². The van der Waals surface area contributed by atoms with Crippen LogP contribution in [-0.4, -0.2) is 29.1 Å². The van der Waals surface area contributed by atoms with E-state index < -0.39 is 0 Å². The monoisotopic (exact) mass is 974 g/mol. The van der Waals surface area contributed by atoms with Crippen LogP contribution in [0.3, 0.4) is 0 Å². The summed E-state index contributed by atoms with van der Waals surface area (Å²) in [5.74, 6) is 0.975. The van der Waals surface area contributed by atoms with E-state index in [2.05, 4.69) is 41.8 Å². The van der Waals surface area contributed by atoms with Crippen molar-refractivity contribution >= 4 is 119 Å². The van der Waals surface area contributed by atoms with Gasteiger partial charge in [-0.3, -0.25) is 28.3 Å². The molecule has 0 unspecified atom stereocenters. The fourth-order valence-corrected chi connectivity index (χ4v) is 11.9. The molecule has 2 N–H and O–H groups in total. The van der Waals surface area contributed by atoms with E-state index in [9.17, 15) is 0 Å². The second-order valence-corrected chi connectivity index (χ2v) is 20.8. The number of aromatic amines is 2. The van der Waals surface area contributed by atoms with Crippen LogP contribution >= 0.6 is 31.9 Å². The predicted octanol–water partition coefficient (Wildman–Crippen LogP) is 12.3. The molecule has 0 bridgehead atoms. The quantitative estimate of drug-likeness (QED) is 0.115. The minimum atomic E-state index is -0.374. The number of pyridine rings is 2. The van der Waals surface area contributed by atoms with E-state index in [1.165, 1.54) is 9.13 Å². The van der Waals surface area contributed by atoms with E-state index in [4.69, 9.17) is 9.97 Å². The van der Waals surface area contributed by atoms with Gasteiger partial charge in [0.25, 0.3) is 22.2 Å². The van der Waals surface area contributed by atoms with Crippen molar-refractivity contribution in [3.63, 3.8) is 0 Å². The molecule has 11 rings (SSSR count). The van der Waals surface area contributed by atoms with Crippen molar-refractivity contribution in [1.29, 1.82) is 0 Å². The Balaban J connectivity index is 1.49. The molecule has 0 aliphatic carbocycles. The van der Waals surface area contributed by atoms with Crippen molar-refractivity contribution in [3.8, 4) is 22.8 Å². The highest BCUT2D eigenvalue weighted by atomic mass is 79.9. The van der Waals surface area contributed by atoms with Gasteiger partial charge in [-0.15, -0.1) is 0 Å². The molecule has 11 aromatic rings. The molecule has 64 heavy (non-hydrogen) atoms. The number of nitrogens with zero attached hydrogens (tertiary/aromatic N) is 4. The highest BCUT2D eigenvalue weighted by Gasteiger charge is 2.33.